The number of amides is 1. The smallest absolute Gasteiger partial charge is 0.223 e. The van der Waals surface area contributed by atoms with E-state index in [0.29, 0.717) is 23.5 Å². The zero-order chi connectivity index (χ0) is 20.8. The van der Waals surface area contributed by atoms with Gasteiger partial charge in [-0.3, -0.25) is 15.2 Å². The van der Waals surface area contributed by atoms with Gasteiger partial charge in [0.05, 0.1) is 17.1 Å². The Morgan fingerprint density at radius 2 is 1.79 bits per heavy atom. The number of hydrogen-bond donors (Lipinski definition) is 5. The molecule has 0 heterocycles. The monoisotopic (exact) mass is 392 g/mol. The Balaban J connectivity index is 1.60. The molecule has 1 amide bonds. The number of nitrogen functional groups attached to an aromatic ring is 1. The van der Waals surface area contributed by atoms with Gasteiger partial charge in [0.1, 0.15) is 0 Å². The van der Waals surface area contributed by atoms with E-state index in [1.807, 2.05) is 24.3 Å². The lowest BCUT2D eigenvalue weighted by atomic mass is 10.1. The van der Waals surface area contributed by atoms with E-state index in [1.165, 1.54) is 11.2 Å². The fourth-order valence-corrected chi connectivity index (χ4v) is 3.48. The van der Waals surface area contributed by atoms with Crippen molar-refractivity contribution >= 4 is 23.0 Å². The molecule has 2 aromatic carbocycles. The number of hydrazine groups is 1. The molecule has 0 atom stereocenters. The van der Waals surface area contributed by atoms with Gasteiger partial charge in [0.2, 0.25) is 5.91 Å². The summed E-state index contributed by atoms with van der Waals surface area (Å²) in [5, 5.41) is 12.6. The quantitative estimate of drug-likeness (QED) is 0.214. The number of rotatable bonds is 7. The molecule has 0 saturated heterocycles. The van der Waals surface area contributed by atoms with E-state index in [4.69, 9.17) is 22.7 Å². The van der Waals surface area contributed by atoms with Crippen LogP contribution in [0.2, 0.25) is 0 Å². The highest BCUT2D eigenvalue weighted by atomic mass is 16.1. The average molecular weight is 393 g/mol. The number of carbonyl (C=O) groups is 1. The van der Waals surface area contributed by atoms with Gasteiger partial charge in [-0.2, -0.15) is 0 Å². The van der Waals surface area contributed by atoms with E-state index in [2.05, 4.69) is 5.32 Å². The van der Waals surface area contributed by atoms with Crippen LogP contribution in [0.1, 0.15) is 36.8 Å². The van der Waals surface area contributed by atoms with Crippen molar-refractivity contribution in [1.29, 1.82) is 5.41 Å². The van der Waals surface area contributed by atoms with Crippen LogP contribution in [0.3, 0.4) is 0 Å². The molecular weight excluding hydrogens is 364 g/mol. The molecule has 1 saturated carbocycles. The maximum Gasteiger partial charge on any atom is 0.223 e. The summed E-state index contributed by atoms with van der Waals surface area (Å²) in [6.07, 6.45) is 5.76. The number of hydrogen-bond acceptors (Lipinski definition) is 6. The van der Waals surface area contributed by atoms with E-state index in [-0.39, 0.29) is 23.2 Å². The molecule has 0 spiro atoms. The summed E-state index contributed by atoms with van der Waals surface area (Å²) in [6, 6.07) is 14.6. The summed E-state index contributed by atoms with van der Waals surface area (Å²) in [6.45, 7) is 0.496. The van der Waals surface area contributed by atoms with Crippen molar-refractivity contribution in [1.82, 2.24) is 5.32 Å². The van der Waals surface area contributed by atoms with Crippen LogP contribution in [-0.4, -0.2) is 11.6 Å². The molecule has 0 aromatic heterocycles. The minimum absolute atomic E-state index is 0.116. The highest BCUT2D eigenvalue weighted by Gasteiger charge is 2.22. The van der Waals surface area contributed by atoms with E-state index in [1.54, 1.807) is 24.3 Å². The van der Waals surface area contributed by atoms with Crippen LogP contribution < -0.4 is 27.6 Å². The van der Waals surface area contributed by atoms with Gasteiger partial charge in [-0.05, 0) is 36.6 Å². The lowest BCUT2D eigenvalue weighted by molar-refractivity contribution is -0.124. The number of nitrogens with zero attached hydrogens (tertiary/aromatic N) is 1. The van der Waals surface area contributed by atoms with Crippen LogP contribution in [0.25, 0.3) is 0 Å². The van der Waals surface area contributed by atoms with Crippen LogP contribution in [-0.2, 0) is 11.3 Å². The van der Waals surface area contributed by atoms with Crippen LogP contribution in [0.4, 0.5) is 11.4 Å². The first kappa shape index (κ1) is 20.4. The third-order valence-corrected chi connectivity index (χ3v) is 5.22. The summed E-state index contributed by atoms with van der Waals surface area (Å²) < 4.78 is 0. The lowest BCUT2D eigenvalue weighted by Crippen LogP contribution is -2.29. The number of nitrogens with one attached hydrogen (secondary N) is 2. The summed E-state index contributed by atoms with van der Waals surface area (Å²) in [4.78, 5) is 12.1. The Labute approximate surface area is 171 Å². The molecule has 3 rings (SSSR count). The first-order valence-corrected chi connectivity index (χ1v) is 9.77. The maximum absolute atomic E-state index is 12.1. The minimum atomic E-state index is 0.116. The number of allylic oxidation sites excluding steroid dienone is 1. The topological polar surface area (TPSA) is 134 Å². The van der Waals surface area contributed by atoms with E-state index < -0.39 is 0 Å². The largest absolute Gasteiger partial charge is 0.398 e. The first-order valence-electron chi connectivity index (χ1n) is 9.77. The van der Waals surface area contributed by atoms with Crippen LogP contribution >= 0.6 is 0 Å². The predicted octanol–water partition coefficient (Wildman–Crippen LogP) is 2.62. The zero-order valence-corrected chi connectivity index (χ0v) is 16.4. The van der Waals surface area contributed by atoms with Gasteiger partial charge >= 0.3 is 0 Å². The Morgan fingerprint density at radius 3 is 2.45 bits per heavy atom. The van der Waals surface area contributed by atoms with Crippen molar-refractivity contribution in [3.05, 3.63) is 71.6 Å². The fourth-order valence-electron chi connectivity index (χ4n) is 3.48. The first-order chi connectivity index (χ1) is 14.0. The zero-order valence-electron chi connectivity index (χ0n) is 16.4. The standard InChI is InChI=1S/C22H28N6O/c23-19-8-4-3-7-18(19)21(25)20(24)14-28(26)17-11-9-15(10-12-17)13-27-22(29)16-5-1-2-6-16/h3-4,7-12,14,16,25H,1-2,5-6,13,23-24,26H2,(H,27,29)/b20-14-,25-21?. The normalized spacial score (nSPS) is 14.6. The van der Waals surface area contributed by atoms with E-state index >= 15 is 0 Å². The van der Waals surface area contributed by atoms with Crippen LogP contribution in [0, 0.1) is 11.3 Å². The molecule has 8 N–H and O–H groups in total. The number of benzene rings is 2. The van der Waals surface area contributed by atoms with Gasteiger partial charge in [-0.1, -0.05) is 43.2 Å². The van der Waals surface area contributed by atoms with Crippen molar-refractivity contribution in [2.24, 2.45) is 17.5 Å². The third kappa shape index (κ3) is 5.14. The number of carbonyl (C=O) groups excluding carboxylic acids is 1. The molecule has 0 bridgehead atoms. The number of nitrogens with two attached hydrogens (primary N) is 3. The number of para-hydroxylation sites is 1. The molecule has 0 aliphatic heterocycles. The minimum Gasteiger partial charge on any atom is -0.398 e. The van der Waals surface area contributed by atoms with Crippen molar-refractivity contribution in [2.75, 3.05) is 10.7 Å². The molecule has 0 unspecified atom stereocenters. The molecule has 0 radical (unpaired) electrons. The summed E-state index contributed by atoms with van der Waals surface area (Å²) >= 11 is 0. The second-order valence-corrected chi connectivity index (χ2v) is 7.32. The molecule has 1 fully saturated rings. The van der Waals surface area contributed by atoms with Crippen molar-refractivity contribution in [3.8, 4) is 0 Å². The third-order valence-electron chi connectivity index (χ3n) is 5.22. The lowest BCUT2D eigenvalue weighted by Gasteiger charge is -2.17. The highest BCUT2D eigenvalue weighted by molar-refractivity contribution is 6.13. The second-order valence-electron chi connectivity index (χ2n) is 7.32. The fraction of sp³-hybridized carbons (Fsp3) is 0.273. The molecule has 1 aliphatic rings. The Bertz CT molecular complexity index is 900. The molecule has 29 heavy (non-hydrogen) atoms. The average Bonchev–Trinajstić information content (AvgIpc) is 3.27. The Hall–Kier alpha value is -3.32. The highest BCUT2D eigenvalue weighted by Crippen LogP contribution is 2.24. The molecular formula is C22H28N6O. The van der Waals surface area contributed by atoms with E-state index in [9.17, 15) is 4.79 Å². The SMILES string of the molecule is N=C(/C(N)=C/N(N)c1ccc(CNC(=O)C2CCCC2)cc1)c1ccccc1N. The Morgan fingerprint density at radius 1 is 1.14 bits per heavy atom. The van der Waals surface area contributed by atoms with Crippen LogP contribution in [0.15, 0.2) is 60.4 Å². The van der Waals surface area contributed by atoms with Crippen molar-refractivity contribution in [2.45, 2.75) is 32.2 Å². The van der Waals surface area contributed by atoms with Gasteiger partial charge in [-0.15, -0.1) is 0 Å². The van der Waals surface area contributed by atoms with Gasteiger partial charge in [-0.25, -0.2) is 5.84 Å². The second kappa shape index (κ2) is 9.25. The molecule has 1 aliphatic carbocycles. The molecule has 7 nitrogen and oxygen atoms in total. The summed E-state index contributed by atoms with van der Waals surface area (Å²) in [5.74, 6) is 6.39. The van der Waals surface area contributed by atoms with Gasteiger partial charge in [0, 0.05) is 29.9 Å². The maximum atomic E-state index is 12.1. The van der Waals surface area contributed by atoms with Gasteiger partial charge < -0.3 is 16.8 Å². The predicted molar refractivity (Wildman–Crippen MR) is 117 cm³/mol. The molecule has 152 valence electrons. The van der Waals surface area contributed by atoms with Crippen LogP contribution in [0.5, 0.6) is 0 Å². The summed E-state index contributed by atoms with van der Waals surface area (Å²) in [5.41, 5.74) is 15.0. The Kier molecular flexibility index (Phi) is 6.51. The number of anilines is 2. The van der Waals surface area contributed by atoms with Gasteiger partial charge in [0.15, 0.2) is 0 Å². The van der Waals surface area contributed by atoms with Crippen molar-refractivity contribution < 1.29 is 4.79 Å². The van der Waals surface area contributed by atoms with Gasteiger partial charge in [0.25, 0.3) is 0 Å². The van der Waals surface area contributed by atoms with E-state index in [0.717, 1.165) is 31.2 Å². The van der Waals surface area contributed by atoms with Crippen molar-refractivity contribution in [3.63, 3.8) is 0 Å². The molecule has 7 heteroatoms. The molecule has 2 aromatic rings. The summed E-state index contributed by atoms with van der Waals surface area (Å²) in [7, 11) is 0.